The van der Waals surface area contributed by atoms with Crippen LogP contribution >= 0.6 is 11.3 Å². The molecule has 0 amide bonds. The second kappa shape index (κ2) is 11.3. The molecular formula is C26H33N3O6S2. The van der Waals surface area contributed by atoms with Crippen LogP contribution in [0, 0.1) is 6.92 Å². The highest BCUT2D eigenvalue weighted by atomic mass is 32.2. The first kappa shape index (κ1) is 27.2. The van der Waals surface area contributed by atoms with Crippen LogP contribution in [0.2, 0.25) is 0 Å². The van der Waals surface area contributed by atoms with E-state index in [0.717, 1.165) is 41.1 Å². The van der Waals surface area contributed by atoms with Gasteiger partial charge in [0.05, 0.1) is 50.3 Å². The maximum Gasteiger partial charge on any atom is 0.242 e. The van der Waals surface area contributed by atoms with E-state index >= 15 is 0 Å². The lowest BCUT2D eigenvalue weighted by Crippen LogP contribution is -2.24. The minimum atomic E-state index is -3.59. The average molecular weight is 548 g/mol. The molecule has 1 fully saturated rings. The molecule has 2 aromatic carbocycles. The summed E-state index contributed by atoms with van der Waals surface area (Å²) in [4.78, 5) is 5.88. The predicted octanol–water partition coefficient (Wildman–Crippen LogP) is 4.21. The molecule has 4 rings (SSSR count). The molecule has 0 saturated carbocycles. The first-order chi connectivity index (χ1) is 17.7. The molecule has 11 heteroatoms. The van der Waals surface area contributed by atoms with Crippen LogP contribution in [0.5, 0.6) is 17.2 Å². The number of aromatic nitrogens is 1. The molecule has 37 heavy (non-hydrogen) atoms. The minimum Gasteiger partial charge on any atom is -0.493 e. The van der Waals surface area contributed by atoms with Gasteiger partial charge in [0, 0.05) is 31.6 Å². The van der Waals surface area contributed by atoms with E-state index in [4.69, 9.17) is 23.9 Å². The van der Waals surface area contributed by atoms with Crippen molar-refractivity contribution in [3.63, 3.8) is 0 Å². The molecular weight excluding hydrogens is 514 g/mol. The topological polar surface area (TPSA) is 91.6 Å². The summed E-state index contributed by atoms with van der Waals surface area (Å²) >= 11 is 1.48. The smallest absolute Gasteiger partial charge is 0.242 e. The number of ether oxygens (including phenoxy) is 4. The van der Waals surface area contributed by atoms with Crippen LogP contribution in [-0.2, 0) is 21.3 Å². The monoisotopic (exact) mass is 547 g/mol. The van der Waals surface area contributed by atoms with E-state index in [1.165, 1.54) is 29.7 Å². The maximum atomic E-state index is 12.7. The van der Waals surface area contributed by atoms with Crippen LogP contribution in [0.25, 0.3) is 11.3 Å². The van der Waals surface area contributed by atoms with Crippen molar-refractivity contribution in [3.05, 3.63) is 46.1 Å². The third-order valence-electron chi connectivity index (χ3n) is 6.34. The van der Waals surface area contributed by atoms with Gasteiger partial charge in [-0.05, 0) is 49.6 Å². The van der Waals surface area contributed by atoms with E-state index in [1.807, 2.05) is 24.4 Å². The second-order valence-electron chi connectivity index (χ2n) is 8.91. The van der Waals surface area contributed by atoms with E-state index in [0.29, 0.717) is 29.5 Å². The minimum absolute atomic E-state index is 0.0656. The van der Waals surface area contributed by atoms with Crippen molar-refractivity contribution in [1.82, 2.24) is 8.87 Å². The highest BCUT2D eigenvalue weighted by molar-refractivity contribution is 7.89. The Morgan fingerprint density at radius 2 is 1.81 bits per heavy atom. The summed E-state index contributed by atoms with van der Waals surface area (Å²) in [5.41, 5.74) is 3.28. The van der Waals surface area contributed by atoms with Gasteiger partial charge in [0.1, 0.15) is 0 Å². The Hall–Kier alpha value is -2.86. The zero-order chi connectivity index (χ0) is 26.7. The summed E-state index contributed by atoms with van der Waals surface area (Å²) in [7, 11) is 4.21. The van der Waals surface area contributed by atoms with Crippen LogP contribution < -0.4 is 19.0 Å². The lowest BCUT2D eigenvalue weighted by molar-refractivity contribution is 0.0968. The van der Waals surface area contributed by atoms with E-state index in [1.54, 1.807) is 39.5 Å². The third-order valence-corrected chi connectivity index (χ3v) is 9.02. The van der Waals surface area contributed by atoms with Crippen molar-refractivity contribution in [1.29, 1.82) is 0 Å². The van der Waals surface area contributed by atoms with Crippen molar-refractivity contribution in [2.45, 2.75) is 37.3 Å². The van der Waals surface area contributed by atoms with Gasteiger partial charge in [-0.3, -0.25) is 0 Å². The summed E-state index contributed by atoms with van der Waals surface area (Å²) in [5.74, 6) is 1.64. The number of aryl methyl sites for hydroxylation is 1. The van der Waals surface area contributed by atoms with Gasteiger partial charge < -0.3 is 23.5 Å². The van der Waals surface area contributed by atoms with Crippen molar-refractivity contribution in [2.24, 2.45) is 4.99 Å². The summed E-state index contributed by atoms with van der Waals surface area (Å²) in [5, 5.41) is 2.03. The molecule has 0 N–H and O–H groups in total. The number of hydrogen-bond donors (Lipinski definition) is 0. The molecule has 1 aromatic heterocycles. The van der Waals surface area contributed by atoms with Crippen LogP contribution in [0.3, 0.4) is 0 Å². The number of benzene rings is 2. The van der Waals surface area contributed by atoms with Crippen molar-refractivity contribution in [3.8, 4) is 28.5 Å². The molecule has 1 unspecified atom stereocenters. The number of hydrogen-bond acceptors (Lipinski definition) is 8. The molecule has 1 atom stereocenters. The third kappa shape index (κ3) is 5.54. The first-order valence-corrected chi connectivity index (χ1v) is 14.2. The fraction of sp³-hybridized carbons (Fsp3) is 0.423. The Labute approximate surface area is 221 Å². The van der Waals surface area contributed by atoms with Gasteiger partial charge in [-0.1, -0.05) is 6.07 Å². The normalized spacial score (nSPS) is 16.4. The van der Waals surface area contributed by atoms with E-state index in [2.05, 4.69) is 4.57 Å². The number of thiazole rings is 1. The maximum absolute atomic E-state index is 12.7. The van der Waals surface area contributed by atoms with Gasteiger partial charge in [0.25, 0.3) is 0 Å². The molecule has 2 heterocycles. The largest absolute Gasteiger partial charge is 0.493 e. The standard InChI is InChI=1S/C26H33N3O6S2/c1-17-9-10-20(37(30,31)28(2)3)14-21(17)27-26-29(15-19-8-7-11-35-19)22(16-36-26)18-12-23(32-4)25(34-6)24(13-18)33-5/h9-10,12-14,16,19H,7-8,11,15H2,1-6H3. The zero-order valence-corrected chi connectivity index (χ0v) is 23.6. The van der Waals surface area contributed by atoms with Crippen LogP contribution in [0.1, 0.15) is 18.4 Å². The molecule has 200 valence electrons. The Kier molecular flexibility index (Phi) is 8.27. The van der Waals surface area contributed by atoms with Crippen molar-refractivity contribution >= 4 is 27.0 Å². The molecule has 0 bridgehead atoms. The fourth-order valence-corrected chi connectivity index (χ4v) is 6.08. The van der Waals surface area contributed by atoms with E-state index < -0.39 is 10.0 Å². The zero-order valence-electron chi connectivity index (χ0n) is 22.0. The highest BCUT2D eigenvalue weighted by Crippen LogP contribution is 2.41. The summed E-state index contributed by atoms with van der Waals surface area (Å²) in [6.45, 7) is 3.27. The number of methoxy groups -OCH3 is 3. The molecule has 0 aliphatic carbocycles. The summed E-state index contributed by atoms with van der Waals surface area (Å²) in [6.07, 6.45) is 2.05. The number of nitrogens with zero attached hydrogens (tertiary/aromatic N) is 3. The molecule has 1 aliphatic heterocycles. The molecule has 9 nitrogen and oxygen atoms in total. The molecule has 3 aromatic rings. The first-order valence-electron chi connectivity index (χ1n) is 11.9. The van der Waals surface area contributed by atoms with E-state index in [9.17, 15) is 8.42 Å². The van der Waals surface area contributed by atoms with Crippen molar-refractivity contribution in [2.75, 3.05) is 42.0 Å². The Bertz CT molecular complexity index is 1410. The van der Waals surface area contributed by atoms with Gasteiger partial charge in [0.15, 0.2) is 16.3 Å². The number of rotatable bonds is 9. The second-order valence-corrected chi connectivity index (χ2v) is 11.9. The van der Waals surface area contributed by atoms with Gasteiger partial charge in [-0.15, -0.1) is 11.3 Å². The average Bonchev–Trinajstić information content (AvgIpc) is 3.54. The van der Waals surface area contributed by atoms with Gasteiger partial charge in [-0.25, -0.2) is 17.7 Å². The Morgan fingerprint density at radius 1 is 1.11 bits per heavy atom. The lowest BCUT2D eigenvalue weighted by Gasteiger charge is -2.17. The van der Waals surface area contributed by atoms with E-state index in [-0.39, 0.29) is 11.0 Å². The van der Waals surface area contributed by atoms with Gasteiger partial charge in [0.2, 0.25) is 15.8 Å². The lowest BCUT2D eigenvalue weighted by atomic mass is 10.1. The Morgan fingerprint density at radius 3 is 2.38 bits per heavy atom. The predicted molar refractivity (Wildman–Crippen MR) is 144 cm³/mol. The van der Waals surface area contributed by atoms with Gasteiger partial charge in [-0.2, -0.15) is 0 Å². The molecule has 0 spiro atoms. The SMILES string of the molecule is COc1cc(-c2csc(=Nc3cc(S(=O)(=O)N(C)C)ccc3C)n2CC2CCCO2)cc(OC)c1OC. The quantitative estimate of drug-likeness (QED) is 0.399. The molecule has 0 radical (unpaired) electrons. The number of sulfonamides is 1. The molecule has 1 aliphatic rings. The summed E-state index contributed by atoms with van der Waals surface area (Å²) < 4.78 is 51.4. The van der Waals surface area contributed by atoms with Crippen molar-refractivity contribution < 1.29 is 27.4 Å². The van der Waals surface area contributed by atoms with Crippen LogP contribution in [-0.4, -0.2) is 65.4 Å². The summed E-state index contributed by atoms with van der Waals surface area (Å²) in [6, 6.07) is 8.84. The molecule has 1 saturated heterocycles. The fourth-order valence-electron chi connectivity index (χ4n) is 4.23. The van der Waals surface area contributed by atoms with Gasteiger partial charge >= 0.3 is 0 Å². The highest BCUT2D eigenvalue weighted by Gasteiger charge is 2.22. The van der Waals surface area contributed by atoms with Crippen LogP contribution in [0.15, 0.2) is 45.6 Å². The Balaban J connectivity index is 1.89. The van der Waals surface area contributed by atoms with Crippen LogP contribution in [0.4, 0.5) is 5.69 Å².